The van der Waals surface area contributed by atoms with Crippen LogP contribution in [0.1, 0.15) is 12.8 Å². The van der Waals surface area contributed by atoms with Gasteiger partial charge < -0.3 is 15.5 Å². The molecule has 0 saturated carbocycles. The van der Waals surface area contributed by atoms with E-state index in [-0.39, 0.29) is 42.4 Å². The first-order valence-corrected chi connectivity index (χ1v) is 9.07. The van der Waals surface area contributed by atoms with Crippen molar-refractivity contribution in [3.8, 4) is 0 Å². The molecule has 2 heterocycles. The number of H-pyrrole nitrogens is 1. The van der Waals surface area contributed by atoms with Gasteiger partial charge in [0.05, 0.1) is 17.3 Å². The molecule has 27 heavy (non-hydrogen) atoms. The number of hydrogen-bond acceptors (Lipinski definition) is 5. The lowest BCUT2D eigenvalue weighted by atomic mass is 10.2. The number of aryl methyl sites for hydroxylation is 1. The zero-order valence-electron chi connectivity index (χ0n) is 15.2. The standard InChI is InChI=1S/C18H25N5O3.ClH/c24-16(20-7-3-10-22-12-8-19-9-13-22)6-11-23-18(26)15-5-2-1-4-14(15)17(25)21-23;/h1-2,4-5,19H,3,6-13H2,(H,20,24)(H,21,25);1H. The number of carbonyl (C=O) groups excluding carboxylic acids is 1. The van der Waals surface area contributed by atoms with E-state index in [4.69, 9.17) is 0 Å². The van der Waals surface area contributed by atoms with Gasteiger partial charge in [-0.05, 0) is 25.1 Å². The number of amides is 1. The quantitative estimate of drug-likeness (QED) is 0.569. The largest absolute Gasteiger partial charge is 0.356 e. The van der Waals surface area contributed by atoms with Gasteiger partial charge in [-0.25, -0.2) is 4.68 Å². The Morgan fingerprint density at radius 3 is 2.52 bits per heavy atom. The van der Waals surface area contributed by atoms with Crippen LogP contribution in [0.15, 0.2) is 33.9 Å². The summed E-state index contributed by atoms with van der Waals surface area (Å²) in [6, 6.07) is 6.68. The van der Waals surface area contributed by atoms with Crippen molar-refractivity contribution in [3.63, 3.8) is 0 Å². The second kappa shape index (κ2) is 10.2. The second-order valence-electron chi connectivity index (χ2n) is 6.49. The fraction of sp³-hybridized carbons (Fsp3) is 0.500. The van der Waals surface area contributed by atoms with Crippen molar-refractivity contribution in [1.82, 2.24) is 25.3 Å². The number of piperazine rings is 1. The number of rotatable bonds is 7. The molecule has 1 aromatic heterocycles. The van der Waals surface area contributed by atoms with Gasteiger partial charge in [0.2, 0.25) is 5.91 Å². The van der Waals surface area contributed by atoms with Gasteiger partial charge in [0.15, 0.2) is 0 Å². The molecule has 9 heteroatoms. The summed E-state index contributed by atoms with van der Waals surface area (Å²) in [7, 11) is 0. The monoisotopic (exact) mass is 395 g/mol. The predicted molar refractivity (Wildman–Crippen MR) is 108 cm³/mol. The first-order chi connectivity index (χ1) is 12.6. The minimum absolute atomic E-state index is 0. The lowest BCUT2D eigenvalue weighted by molar-refractivity contribution is -0.121. The molecular weight excluding hydrogens is 370 g/mol. The third kappa shape index (κ3) is 5.66. The summed E-state index contributed by atoms with van der Waals surface area (Å²) in [5, 5.41) is 9.46. The summed E-state index contributed by atoms with van der Waals surface area (Å²) in [5.41, 5.74) is -0.608. The highest BCUT2D eigenvalue weighted by molar-refractivity contribution is 5.85. The average Bonchev–Trinajstić information content (AvgIpc) is 2.68. The van der Waals surface area contributed by atoms with Crippen LogP contribution >= 0.6 is 12.4 Å². The molecule has 0 radical (unpaired) electrons. The number of aromatic amines is 1. The van der Waals surface area contributed by atoms with Crippen LogP contribution in [0, 0.1) is 0 Å². The maximum absolute atomic E-state index is 12.4. The van der Waals surface area contributed by atoms with Crippen LogP contribution in [0.2, 0.25) is 0 Å². The number of fused-ring (bicyclic) bond motifs is 1. The lowest BCUT2D eigenvalue weighted by Gasteiger charge is -2.27. The first-order valence-electron chi connectivity index (χ1n) is 9.07. The number of hydrogen-bond donors (Lipinski definition) is 3. The van der Waals surface area contributed by atoms with Crippen LogP contribution in [0.4, 0.5) is 0 Å². The molecule has 3 rings (SSSR count). The molecule has 0 atom stereocenters. The number of nitrogens with one attached hydrogen (secondary N) is 3. The summed E-state index contributed by atoms with van der Waals surface area (Å²) in [5.74, 6) is -0.119. The van der Waals surface area contributed by atoms with Crippen LogP contribution < -0.4 is 21.8 Å². The summed E-state index contributed by atoms with van der Waals surface area (Å²) < 4.78 is 1.21. The molecule has 8 nitrogen and oxygen atoms in total. The highest BCUT2D eigenvalue weighted by Gasteiger charge is 2.10. The van der Waals surface area contributed by atoms with E-state index in [0.29, 0.717) is 17.3 Å². The molecule has 148 valence electrons. The molecule has 1 aliphatic heterocycles. The maximum Gasteiger partial charge on any atom is 0.273 e. The molecule has 1 aliphatic rings. The zero-order chi connectivity index (χ0) is 18.4. The van der Waals surface area contributed by atoms with Gasteiger partial charge in [-0.15, -0.1) is 12.4 Å². The van der Waals surface area contributed by atoms with Crippen LogP contribution in [-0.4, -0.2) is 59.9 Å². The van der Waals surface area contributed by atoms with E-state index in [1.54, 1.807) is 24.3 Å². The first kappa shape index (κ1) is 21.1. The highest BCUT2D eigenvalue weighted by atomic mass is 35.5. The Morgan fingerprint density at radius 1 is 1.07 bits per heavy atom. The molecule has 1 amide bonds. The Kier molecular flexibility index (Phi) is 8.02. The third-order valence-corrected chi connectivity index (χ3v) is 4.63. The minimum Gasteiger partial charge on any atom is -0.356 e. The summed E-state index contributed by atoms with van der Waals surface area (Å²) in [6.45, 7) is 5.88. The van der Waals surface area contributed by atoms with E-state index >= 15 is 0 Å². The van der Waals surface area contributed by atoms with E-state index < -0.39 is 0 Å². The van der Waals surface area contributed by atoms with Crippen molar-refractivity contribution in [1.29, 1.82) is 0 Å². The lowest BCUT2D eigenvalue weighted by Crippen LogP contribution is -2.44. The van der Waals surface area contributed by atoms with Crippen molar-refractivity contribution >= 4 is 29.1 Å². The second-order valence-corrected chi connectivity index (χ2v) is 6.49. The van der Waals surface area contributed by atoms with Crippen LogP contribution in [-0.2, 0) is 11.3 Å². The molecule has 3 N–H and O–H groups in total. The zero-order valence-corrected chi connectivity index (χ0v) is 16.0. The summed E-state index contributed by atoms with van der Waals surface area (Å²) in [6.07, 6.45) is 1.06. The molecule has 0 aliphatic carbocycles. The Balaban J connectivity index is 0.00000261. The number of nitrogens with zero attached hydrogens (tertiary/aromatic N) is 2. The third-order valence-electron chi connectivity index (χ3n) is 4.63. The normalized spacial score (nSPS) is 14.7. The van der Waals surface area contributed by atoms with Crippen molar-refractivity contribution in [2.45, 2.75) is 19.4 Å². The molecule has 1 saturated heterocycles. The number of benzene rings is 1. The van der Waals surface area contributed by atoms with E-state index in [2.05, 4.69) is 20.6 Å². The van der Waals surface area contributed by atoms with Gasteiger partial charge in [0.1, 0.15) is 0 Å². The summed E-state index contributed by atoms with van der Waals surface area (Å²) >= 11 is 0. The van der Waals surface area contributed by atoms with Gasteiger partial charge in [-0.3, -0.25) is 19.5 Å². The van der Waals surface area contributed by atoms with Crippen LogP contribution in [0.5, 0.6) is 0 Å². The molecule has 0 spiro atoms. The van der Waals surface area contributed by atoms with Crippen molar-refractivity contribution in [3.05, 3.63) is 45.0 Å². The van der Waals surface area contributed by atoms with Gasteiger partial charge in [0.25, 0.3) is 11.1 Å². The average molecular weight is 396 g/mol. The van der Waals surface area contributed by atoms with E-state index in [9.17, 15) is 14.4 Å². The summed E-state index contributed by atoms with van der Waals surface area (Å²) in [4.78, 5) is 38.8. The fourth-order valence-electron chi connectivity index (χ4n) is 3.17. The number of halogens is 1. The predicted octanol–water partition coefficient (Wildman–Crippen LogP) is -0.0868. The Labute approximate surface area is 163 Å². The van der Waals surface area contributed by atoms with Gasteiger partial charge in [-0.1, -0.05) is 12.1 Å². The number of carbonyl (C=O) groups is 1. The SMILES string of the molecule is Cl.O=C(CCn1[nH]c(=O)c2ccccc2c1=O)NCCCN1CCNCC1. The molecule has 0 bridgehead atoms. The van der Waals surface area contributed by atoms with Crippen LogP contribution in [0.3, 0.4) is 0 Å². The molecule has 1 aromatic carbocycles. The smallest absolute Gasteiger partial charge is 0.273 e. The molecule has 2 aromatic rings. The van der Waals surface area contributed by atoms with Crippen molar-refractivity contribution in [2.24, 2.45) is 0 Å². The van der Waals surface area contributed by atoms with Crippen molar-refractivity contribution in [2.75, 3.05) is 39.3 Å². The van der Waals surface area contributed by atoms with E-state index in [0.717, 1.165) is 39.1 Å². The topological polar surface area (TPSA) is 99.2 Å². The van der Waals surface area contributed by atoms with E-state index in [1.165, 1.54) is 4.68 Å². The molecule has 1 fully saturated rings. The van der Waals surface area contributed by atoms with E-state index in [1.807, 2.05) is 0 Å². The minimum atomic E-state index is -0.323. The van der Waals surface area contributed by atoms with Crippen molar-refractivity contribution < 1.29 is 4.79 Å². The van der Waals surface area contributed by atoms with Gasteiger partial charge in [-0.2, -0.15) is 0 Å². The highest BCUT2D eigenvalue weighted by Crippen LogP contribution is 2.02. The Bertz CT molecular complexity index is 873. The molecular formula is C18H26ClN5O3. The Morgan fingerprint density at radius 2 is 1.78 bits per heavy atom. The maximum atomic E-state index is 12.4. The fourth-order valence-corrected chi connectivity index (χ4v) is 3.17. The Hall–Kier alpha value is -2.16. The molecule has 0 unspecified atom stereocenters. The van der Waals surface area contributed by atoms with Crippen LogP contribution in [0.25, 0.3) is 10.8 Å². The number of aromatic nitrogens is 2. The van der Waals surface area contributed by atoms with Gasteiger partial charge >= 0.3 is 0 Å². The van der Waals surface area contributed by atoms with Gasteiger partial charge in [0, 0.05) is 39.1 Å².